The Hall–Kier alpha value is -3.63. The quantitative estimate of drug-likeness (QED) is 0.386. The van der Waals surface area contributed by atoms with E-state index in [0.717, 1.165) is 61.8 Å². The molecule has 2 aromatic carbocycles. The summed E-state index contributed by atoms with van der Waals surface area (Å²) in [7, 11) is 1.65. The van der Waals surface area contributed by atoms with E-state index >= 15 is 0 Å². The van der Waals surface area contributed by atoms with Gasteiger partial charge in [-0.3, -0.25) is 14.9 Å². The van der Waals surface area contributed by atoms with E-state index in [2.05, 4.69) is 15.3 Å². The molecule has 11 heteroatoms. The summed E-state index contributed by atoms with van der Waals surface area (Å²) in [6, 6.07) is 14.3. The fourth-order valence-electron chi connectivity index (χ4n) is 5.06. The lowest BCUT2D eigenvalue weighted by molar-refractivity contribution is -0.384. The van der Waals surface area contributed by atoms with Gasteiger partial charge in [0.15, 0.2) is 0 Å². The van der Waals surface area contributed by atoms with Gasteiger partial charge in [0, 0.05) is 49.9 Å². The number of hydrogen-bond donors (Lipinski definition) is 1. The van der Waals surface area contributed by atoms with Crippen molar-refractivity contribution in [2.75, 3.05) is 51.3 Å². The number of nitro benzene ring substituents is 1. The van der Waals surface area contributed by atoms with E-state index in [0.29, 0.717) is 18.7 Å². The van der Waals surface area contributed by atoms with E-state index in [4.69, 9.17) is 4.74 Å². The van der Waals surface area contributed by atoms with E-state index < -0.39 is 4.92 Å². The average molecular weight is 527 g/mol. The first-order chi connectivity index (χ1) is 17.5. The highest BCUT2D eigenvalue weighted by Crippen LogP contribution is 2.32. The Kier molecular flexibility index (Phi) is 8.30. The van der Waals surface area contributed by atoms with Crippen LogP contribution in [0.1, 0.15) is 34.8 Å². The molecule has 3 heterocycles. The summed E-state index contributed by atoms with van der Waals surface area (Å²) in [4.78, 5) is 28.6. The number of nitrogens with one attached hydrogen (secondary N) is 1. The molecule has 196 valence electrons. The number of hydrogen-bond acceptors (Lipinski definition) is 7. The molecule has 10 nitrogen and oxygen atoms in total. The standard InChI is InChI=1S/C26H30N6O4.ClH/c1-36-23-8-6-20(7-9-23)29-14-16-30(17-15-29)26(33)24-18-28-31(25(24)19-10-12-27-13-11-19)21-2-4-22(5-3-21)32(34)35;/h2-9,18-19,27H,10-17H2,1H3;1H. The number of amides is 1. The van der Waals surface area contributed by atoms with Crippen molar-refractivity contribution in [2.24, 2.45) is 0 Å². The lowest BCUT2D eigenvalue weighted by atomic mass is 9.91. The Bertz CT molecular complexity index is 1220. The number of nitro groups is 1. The van der Waals surface area contributed by atoms with Gasteiger partial charge in [0.05, 0.1) is 35.2 Å². The first kappa shape index (κ1) is 26.4. The minimum Gasteiger partial charge on any atom is -0.497 e. The van der Waals surface area contributed by atoms with Crippen molar-refractivity contribution in [1.82, 2.24) is 20.0 Å². The topological polar surface area (TPSA) is 106 Å². The van der Waals surface area contributed by atoms with Crippen LogP contribution in [0.25, 0.3) is 5.69 Å². The summed E-state index contributed by atoms with van der Waals surface area (Å²) in [6.07, 6.45) is 3.48. The maximum absolute atomic E-state index is 13.7. The van der Waals surface area contributed by atoms with Crippen molar-refractivity contribution in [3.05, 3.63) is 76.1 Å². The number of methoxy groups -OCH3 is 1. The number of carbonyl (C=O) groups excluding carboxylic acids is 1. The molecule has 5 rings (SSSR count). The van der Waals surface area contributed by atoms with Gasteiger partial charge in [0.1, 0.15) is 5.75 Å². The maximum atomic E-state index is 13.7. The molecule has 2 aliphatic rings. The number of benzene rings is 2. The van der Waals surface area contributed by atoms with Crippen LogP contribution in [0.3, 0.4) is 0 Å². The Morgan fingerprint density at radius 2 is 1.62 bits per heavy atom. The summed E-state index contributed by atoms with van der Waals surface area (Å²) in [5.74, 6) is 0.998. The average Bonchev–Trinajstić information content (AvgIpc) is 3.38. The molecule has 0 radical (unpaired) electrons. The monoisotopic (exact) mass is 526 g/mol. The smallest absolute Gasteiger partial charge is 0.269 e. The molecule has 1 N–H and O–H groups in total. The lowest BCUT2D eigenvalue weighted by Crippen LogP contribution is -2.49. The summed E-state index contributed by atoms with van der Waals surface area (Å²) in [5, 5.41) is 19.1. The van der Waals surface area contributed by atoms with Gasteiger partial charge in [-0.1, -0.05) is 0 Å². The Balaban J connectivity index is 0.00000320. The van der Waals surface area contributed by atoms with Gasteiger partial charge in [0.25, 0.3) is 11.6 Å². The number of rotatable bonds is 6. The van der Waals surface area contributed by atoms with Crippen molar-refractivity contribution < 1.29 is 14.5 Å². The van der Waals surface area contributed by atoms with Gasteiger partial charge >= 0.3 is 0 Å². The first-order valence-corrected chi connectivity index (χ1v) is 12.3. The number of nitrogens with zero attached hydrogens (tertiary/aromatic N) is 5. The highest BCUT2D eigenvalue weighted by Gasteiger charge is 2.31. The summed E-state index contributed by atoms with van der Waals surface area (Å²) >= 11 is 0. The van der Waals surface area contributed by atoms with Crippen molar-refractivity contribution in [1.29, 1.82) is 0 Å². The fraction of sp³-hybridized carbons (Fsp3) is 0.385. The van der Waals surface area contributed by atoms with Gasteiger partial charge in [0.2, 0.25) is 0 Å². The molecule has 0 bridgehead atoms. The number of anilines is 1. The largest absolute Gasteiger partial charge is 0.497 e. The molecule has 2 aliphatic heterocycles. The Morgan fingerprint density at radius 1 is 1.00 bits per heavy atom. The summed E-state index contributed by atoms with van der Waals surface area (Å²) < 4.78 is 7.04. The third kappa shape index (κ3) is 5.55. The SMILES string of the molecule is COc1ccc(N2CCN(C(=O)c3cnn(-c4ccc([N+](=O)[O-])cc4)c3C3CCNCC3)CC2)cc1.Cl. The van der Waals surface area contributed by atoms with Crippen LogP contribution >= 0.6 is 12.4 Å². The van der Waals surface area contributed by atoms with Crippen LogP contribution in [0.15, 0.2) is 54.7 Å². The van der Waals surface area contributed by atoms with Crippen molar-refractivity contribution in [2.45, 2.75) is 18.8 Å². The Labute approximate surface area is 221 Å². The highest BCUT2D eigenvalue weighted by atomic mass is 35.5. The lowest BCUT2D eigenvalue weighted by Gasteiger charge is -2.36. The van der Waals surface area contributed by atoms with Crippen LogP contribution < -0.4 is 15.0 Å². The number of halogens is 1. The molecule has 0 atom stereocenters. The molecular formula is C26H31ClN6O4. The van der Waals surface area contributed by atoms with Gasteiger partial charge in [-0.25, -0.2) is 4.68 Å². The van der Waals surface area contributed by atoms with Gasteiger partial charge in [-0.05, 0) is 62.3 Å². The predicted octanol–water partition coefficient (Wildman–Crippen LogP) is 3.64. The molecule has 0 unspecified atom stereocenters. The molecule has 2 saturated heterocycles. The number of piperazine rings is 1. The van der Waals surface area contributed by atoms with Crippen LogP contribution in [-0.4, -0.2) is 71.9 Å². The van der Waals surface area contributed by atoms with Crippen LogP contribution in [0, 0.1) is 10.1 Å². The predicted molar refractivity (Wildman–Crippen MR) is 143 cm³/mol. The number of piperidine rings is 1. The Morgan fingerprint density at radius 3 is 2.22 bits per heavy atom. The fourth-order valence-corrected chi connectivity index (χ4v) is 5.06. The van der Waals surface area contributed by atoms with Crippen LogP contribution in [0.5, 0.6) is 5.75 Å². The second-order valence-electron chi connectivity index (χ2n) is 9.13. The van der Waals surface area contributed by atoms with Crippen LogP contribution in [0.2, 0.25) is 0 Å². The van der Waals surface area contributed by atoms with Crippen LogP contribution in [-0.2, 0) is 0 Å². The van der Waals surface area contributed by atoms with E-state index in [-0.39, 0.29) is 29.9 Å². The second-order valence-corrected chi connectivity index (χ2v) is 9.13. The van der Waals surface area contributed by atoms with Crippen molar-refractivity contribution >= 4 is 29.7 Å². The zero-order valence-electron chi connectivity index (χ0n) is 20.7. The zero-order chi connectivity index (χ0) is 25.1. The zero-order valence-corrected chi connectivity index (χ0v) is 21.5. The molecule has 1 aromatic heterocycles. The molecule has 37 heavy (non-hydrogen) atoms. The number of aromatic nitrogens is 2. The van der Waals surface area contributed by atoms with Gasteiger partial charge in [-0.15, -0.1) is 12.4 Å². The highest BCUT2D eigenvalue weighted by molar-refractivity contribution is 5.95. The molecule has 0 aliphatic carbocycles. The van der Waals surface area contributed by atoms with Gasteiger partial charge < -0.3 is 19.9 Å². The van der Waals surface area contributed by atoms with Crippen LogP contribution in [0.4, 0.5) is 11.4 Å². The van der Waals surface area contributed by atoms with Crippen molar-refractivity contribution in [3.8, 4) is 11.4 Å². The molecule has 2 fully saturated rings. The normalized spacial score (nSPS) is 16.2. The van der Waals surface area contributed by atoms with E-state index in [1.807, 2.05) is 29.2 Å². The van der Waals surface area contributed by atoms with E-state index in [9.17, 15) is 14.9 Å². The first-order valence-electron chi connectivity index (χ1n) is 12.3. The molecule has 0 saturated carbocycles. The summed E-state index contributed by atoms with van der Waals surface area (Å²) in [6.45, 7) is 4.50. The molecular weight excluding hydrogens is 496 g/mol. The minimum atomic E-state index is -0.416. The third-order valence-corrected chi connectivity index (χ3v) is 7.07. The molecule has 3 aromatic rings. The molecule has 0 spiro atoms. The van der Waals surface area contributed by atoms with Gasteiger partial charge in [-0.2, -0.15) is 5.10 Å². The number of carbonyl (C=O) groups is 1. The third-order valence-electron chi connectivity index (χ3n) is 7.07. The summed E-state index contributed by atoms with van der Waals surface area (Å²) in [5.41, 5.74) is 3.38. The van der Waals surface area contributed by atoms with Crippen molar-refractivity contribution in [3.63, 3.8) is 0 Å². The number of non-ortho nitro benzene ring substituents is 1. The number of ether oxygens (including phenoxy) is 1. The second kappa shape index (κ2) is 11.6. The van der Waals surface area contributed by atoms with E-state index in [1.54, 1.807) is 30.1 Å². The van der Waals surface area contributed by atoms with E-state index in [1.165, 1.54) is 12.1 Å². The maximum Gasteiger partial charge on any atom is 0.269 e. The minimum absolute atomic E-state index is 0. The molecule has 1 amide bonds.